The van der Waals surface area contributed by atoms with Crippen LogP contribution in [-0.4, -0.2) is 13.7 Å². The summed E-state index contributed by atoms with van der Waals surface area (Å²) in [7, 11) is -2.92. The fraction of sp³-hybridized carbons (Fsp3) is 0.909. The SMILES string of the molecule is CCCCCCC[CH]S(=O)(=O)C(C)C. The van der Waals surface area contributed by atoms with Crippen molar-refractivity contribution in [3.63, 3.8) is 0 Å². The largest absolute Gasteiger partial charge is 0.228 e. The highest BCUT2D eigenvalue weighted by Gasteiger charge is 2.15. The van der Waals surface area contributed by atoms with Crippen LogP contribution in [0.15, 0.2) is 0 Å². The zero-order valence-corrected chi connectivity index (χ0v) is 10.4. The van der Waals surface area contributed by atoms with Gasteiger partial charge in [-0.05, 0) is 20.3 Å². The van der Waals surface area contributed by atoms with Crippen LogP contribution in [-0.2, 0) is 9.84 Å². The molecule has 2 nitrogen and oxygen atoms in total. The van der Waals surface area contributed by atoms with Gasteiger partial charge in [0, 0.05) is 0 Å². The number of unbranched alkanes of at least 4 members (excludes halogenated alkanes) is 5. The molecular weight excluding hydrogens is 196 g/mol. The highest BCUT2D eigenvalue weighted by molar-refractivity contribution is 7.93. The first-order valence-electron chi connectivity index (χ1n) is 5.57. The van der Waals surface area contributed by atoms with E-state index in [4.69, 9.17) is 0 Å². The van der Waals surface area contributed by atoms with E-state index in [9.17, 15) is 8.42 Å². The lowest BCUT2D eigenvalue weighted by atomic mass is 10.1. The molecule has 0 aliphatic carbocycles. The molecule has 0 atom stereocenters. The average molecular weight is 219 g/mol. The van der Waals surface area contributed by atoms with E-state index < -0.39 is 9.84 Å². The van der Waals surface area contributed by atoms with E-state index in [0.717, 1.165) is 12.8 Å². The Kier molecular flexibility index (Phi) is 7.24. The predicted molar refractivity (Wildman–Crippen MR) is 61.7 cm³/mol. The van der Waals surface area contributed by atoms with Crippen molar-refractivity contribution < 1.29 is 8.42 Å². The van der Waals surface area contributed by atoms with Crippen molar-refractivity contribution in [2.24, 2.45) is 0 Å². The topological polar surface area (TPSA) is 34.1 Å². The van der Waals surface area contributed by atoms with Gasteiger partial charge >= 0.3 is 0 Å². The van der Waals surface area contributed by atoms with Gasteiger partial charge in [0.1, 0.15) is 0 Å². The van der Waals surface area contributed by atoms with Crippen LogP contribution in [0.25, 0.3) is 0 Å². The molecule has 0 N–H and O–H groups in total. The maximum absolute atomic E-state index is 11.4. The van der Waals surface area contributed by atoms with Gasteiger partial charge in [0.2, 0.25) is 0 Å². The fourth-order valence-corrected chi connectivity index (χ4v) is 2.07. The standard InChI is InChI=1S/C11H23O2S/c1-4-5-6-7-8-9-10-14(12,13)11(2)3/h10-11H,4-9H2,1-3H3. The molecule has 0 heterocycles. The molecule has 0 spiro atoms. The maximum Gasteiger partial charge on any atom is 0.156 e. The zero-order valence-electron chi connectivity index (χ0n) is 9.62. The maximum atomic E-state index is 11.4. The van der Waals surface area contributed by atoms with Gasteiger partial charge in [-0.1, -0.05) is 39.0 Å². The molecular formula is C11H23O2S. The first kappa shape index (κ1) is 13.9. The van der Waals surface area contributed by atoms with Crippen molar-refractivity contribution >= 4 is 9.84 Å². The molecule has 85 valence electrons. The number of rotatable bonds is 8. The summed E-state index contributed by atoms with van der Waals surface area (Å²) in [6.07, 6.45) is 6.59. The molecule has 0 aliphatic heterocycles. The lowest BCUT2D eigenvalue weighted by molar-refractivity contribution is 0.586. The minimum absolute atomic E-state index is 0.266. The molecule has 0 rings (SSSR count). The fourth-order valence-electron chi connectivity index (χ4n) is 1.19. The Labute approximate surface area is 89.0 Å². The molecule has 0 amide bonds. The second-order valence-corrected chi connectivity index (χ2v) is 6.46. The van der Waals surface area contributed by atoms with Crippen molar-refractivity contribution in [1.82, 2.24) is 0 Å². The van der Waals surface area contributed by atoms with Crippen LogP contribution < -0.4 is 0 Å². The van der Waals surface area contributed by atoms with Crippen molar-refractivity contribution in [1.29, 1.82) is 0 Å². The van der Waals surface area contributed by atoms with Crippen molar-refractivity contribution in [3.8, 4) is 0 Å². The zero-order chi connectivity index (χ0) is 11.0. The number of hydrogen-bond donors (Lipinski definition) is 0. The van der Waals surface area contributed by atoms with Crippen LogP contribution in [0.3, 0.4) is 0 Å². The monoisotopic (exact) mass is 219 g/mol. The van der Waals surface area contributed by atoms with Gasteiger partial charge in [-0.3, -0.25) is 0 Å². The summed E-state index contributed by atoms with van der Waals surface area (Å²) in [6, 6.07) is 0. The quantitative estimate of drug-likeness (QED) is 0.587. The molecule has 0 unspecified atom stereocenters. The third-order valence-corrected chi connectivity index (χ3v) is 4.33. The van der Waals surface area contributed by atoms with Crippen LogP contribution in [0.1, 0.15) is 59.3 Å². The van der Waals surface area contributed by atoms with Crippen LogP contribution in [0.4, 0.5) is 0 Å². The smallest absolute Gasteiger partial charge is 0.156 e. The van der Waals surface area contributed by atoms with Gasteiger partial charge in [-0.25, -0.2) is 8.42 Å². The molecule has 1 radical (unpaired) electrons. The Morgan fingerprint density at radius 3 is 2.14 bits per heavy atom. The Balaban J connectivity index is 3.46. The van der Waals surface area contributed by atoms with Gasteiger partial charge in [-0.2, -0.15) is 0 Å². The Hall–Kier alpha value is -0.0500. The molecule has 0 aromatic heterocycles. The molecule has 0 aromatic rings. The Morgan fingerprint density at radius 2 is 1.64 bits per heavy atom. The molecule has 0 saturated heterocycles. The highest BCUT2D eigenvalue weighted by atomic mass is 32.2. The van der Waals surface area contributed by atoms with Crippen molar-refractivity contribution in [2.45, 2.75) is 64.5 Å². The van der Waals surface area contributed by atoms with Crippen LogP contribution in [0.2, 0.25) is 0 Å². The molecule has 0 aromatic carbocycles. The van der Waals surface area contributed by atoms with E-state index >= 15 is 0 Å². The lowest BCUT2D eigenvalue weighted by Gasteiger charge is -2.06. The third-order valence-electron chi connectivity index (χ3n) is 2.31. The van der Waals surface area contributed by atoms with Gasteiger partial charge in [0.25, 0.3) is 0 Å². The van der Waals surface area contributed by atoms with Crippen LogP contribution in [0, 0.1) is 5.75 Å². The summed E-state index contributed by atoms with van der Waals surface area (Å²) in [5.74, 6) is 1.49. The van der Waals surface area contributed by atoms with Crippen LogP contribution >= 0.6 is 0 Å². The summed E-state index contributed by atoms with van der Waals surface area (Å²) in [6.45, 7) is 5.63. The molecule has 3 heteroatoms. The third kappa shape index (κ3) is 6.41. The van der Waals surface area contributed by atoms with E-state index in [1.54, 1.807) is 13.8 Å². The lowest BCUT2D eigenvalue weighted by Crippen LogP contribution is -2.13. The van der Waals surface area contributed by atoms with Crippen molar-refractivity contribution in [3.05, 3.63) is 5.75 Å². The van der Waals surface area contributed by atoms with E-state index in [2.05, 4.69) is 6.92 Å². The first-order valence-corrected chi connectivity index (χ1v) is 7.18. The summed E-state index contributed by atoms with van der Waals surface area (Å²) < 4.78 is 22.7. The van der Waals surface area contributed by atoms with Crippen LogP contribution in [0.5, 0.6) is 0 Å². The van der Waals surface area contributed by atoms with Gasteiger partial charge in [0.15, 0.2) is 9.84 Å². The molecule has 14 heavy (non-hydrogen) atoms. The van der Waals surface area contributed by atoms with E-state index in [0.29, 0.717) is 6.42 Å². The summed E-state index contributed by atoms with van der Waals surface area (Å²) in [5, 5.41) is -0.266. The van der Waals surface area contributed by atoms with Gasteiger partial charge in [-0.15, -0.1) is 0 Å². The van der Waals surface area contributed by atoms with Gasteiger partial charge < -0.3 is 0 Å². The average Bonchev–Trinajstić information content (AvgIpc) is 2.10. The summed E-state index contributed by atoms with van der Waals surface area (Å²) >= 11 is 0. The number of sulfone groups is 1. The Morgan fingerprint density at radius 1 is 1.07 bits per heavy atom. The molecule has 0 aliphatic rings. The minimum atomic E-state index is -2.92. The van der Waals surface area contributed by atoms with E-state index in [-0.39, 0.29) is 5.25 Å². The highest BCUT2D eigenvalue weighted by Crippen LogP contribution is 2.12. The van der Waals surface area contributed by atoms with E-state index in [1.165, 1.54) is 25.0 Å². The van der Waals surface area contributed by atoms with Gasteiger partial charge in [0.05, 0.1) is 11.0 Å². The van der Waals surface area contributed by atoms with Crippen molar-refractivity contribution in [2.75, 3.05) is 0 Å². The second-order valence-electron chi connectivity index (χ2n) is 4.01. The molecule has 0 fully saturated rings. The summed E-state index contributed by atoms with van der Waals surface area (Å²) in [4.78, 5) is 0. The first-order chi connectivity index (χ1) is 6.50. The predicted octanol–water partition coefficient (Wildman–Crippen LogP) is 3.33. The molecule has 0 bridgehead atoms. The summed E-state index contributed by atoms with van der Waals surface area (Å²) in [5.41, 5.74) is 0. The minimum Gasteiger partial charge on any atom is -0.228 e. The Bertz CT molecular complexity index is 217. The normalized spacial score (nSPS) is 12.3. The van der Waals surface area contributed by atoms with E-state index in [1.807, 2.05) is 0 Å². The molecule has 0 saturated carbocycles. The number of hydrogen-bond acceptors (Lipinski definition) is 2. The second kappa shape index (κ2) is 7.27.